The van der Waals surface area contributed by atoms with Crippen molar-refractivity contribution in [3.63, 3.8) is 0 Å². The number of hydrogen-bond acceptors (Lipinski definition) is 8. The fraction of sp³-hybridized carbons (Fsp3) is 0.121. The predicted octanol–water partition coefficient (Wildman–Crippen LogP) is 7.29. The zero-order chi connectivity index (χ0) is 31.1. The topological polar surface area (TPSA) is 126 Å². The lowest BCUT2D eigenvalue weighted by Gasteiger charge is -2.27. The van der Waals surface area contributed by atoms with E-state index in [1.54, 1.807) is 87.8 Å². The molecule has 0 radical (unpaired) electrons. The van der Waals surface area contributed by atoms with Gasteiger partial charge < -0.3 is 15.4 Å². The third-order valence-corrected chi connectivity index (χ3v) is 6.80. The Morgan fingerprint density at radius 3 is 2.20 bits per heavy atom. The summed E-state index contributed by atoms with van der Waals surface area (Å²) in [5, 5.41) is 9.86. The first-order valence-corrected chi connectivity index (χ1v) is 14.6. The van der Waals surface area contributed by atoms with Crippen LogP contribution in [0.5, 0.6) is 0 Å². The Morgan fingerprint density at radius 1 is 0.818 bits per heavy atom. The molecule has 3 N–H and O–H groups in total. The van der Waals surface area contributed by atoms with Crippen LogP contribution in [0.3, 0.4) is 0 Å². The highest BCUT2D eigenvalue weighted by molar-refractivity contribution is 7.14. The molecule has 5 rings (SSSR count). The third kappa shape index (κ3) is 7.84. The van der Waals surface area contributed by atoms with Gasteiger partial charge in [0.2, 0.25) is 0 Å². The van der Waals surface area contributed by atoms with E-state index in [-0.39, 0.29) is 11.5 Å². The maximum Gasteiger partial charge on any atom is 0.434 e. The highest BCUT2D eigenvalue weighted by atomic mass is 32.1. The van der Waals surface area contributed by atoms with Gasteiger partial charge in [0, 0.05) is 45.8 Å². The molecule has 2 heterocycles. The number of rotatable bonds is 7. The lowest BCUT2D eigenvalue weighted by Crippen LogP contribution is -2.48. The van der Waals surface area contributed by atoms with Crippen LogP contribution in [-0.2, 0) is 4.74 Å². The fourth-order valence-electron chi connectivity index (χ4n) is 4.02. The minimum atomic E-state index is -0.760. The molecule has 0 atom stereocenters. The first-order valence-electron chi connectivity index (χ1n) is 13.7. The molecule has 0 saturated heterocycles. The highest BCUT2D eigenvalue weighted by Crippen LogP contribution is 2.28. The molecular weight excluding hydrogens is 576 g/mol. The van der Waals surface area contributed by atoms with E-state index in [0.717, 1.165) is 22.0 Å². The lowest BCUT2D eigenvalue weighted by molar-refractivity contribution is 0.0548. The molecule has 0 bridgehead atoms. The van der Waals surface area contributed by atoms with Crippen molar-refractivity contribution in [1.82, 2.24) is 15.4 Å². The molecule has 0 unspecified atom stereocenters. The van der Waals surface area contributed by atoms with Crippen LogP contribution in [-0.4, -0.2) is 33.5 Å². The highest BCUT2D eigenvalue weighted by Gasteiger charge is 2.25. The molecule has 222 valence electrons. The van der Waals surface area contributed by atoms with Gasteiger partial charge in [0.25, 0.3) is 11.8 Å². The lowest BCUT2D eigenvalue weighted by atomic mass is 10.1. The minimum absolute atomic E-state index is 0.256. The number of amides is 3. The van der Waals surface area contributed by atoms with Crippen molar-refractivity contribution in [2.75, 3.05) is 15.6 Å². The smallest absolute Gasteiger partial charge is 0.434 e. The first kappa shape index (κ1) is 29.9. The van der Waals surface area contributed by atoms with Crippen molar-refractivity contribution >= 4 is 51.4 Å². The van der Waals surface area contributed by atoms with Crippen LogP contribution < -0.4 is 21.1 Å². The first-order chi connectivity index (χ1) is 21.1. The number of carbonyl (C=O) groups is 3. The van der Waals surface area contributed by atoms with Gasteiger partial charge in [0.05, 0.1) is 11.4 Å². The molecule has 11 heteroatoms. The van der Waals surface area contributed by atoms with Gasteiger partial charge in [-0.15, -0.1) is 11.3 Å². The zero-order valence-electron chi connectivity index (χ0n) is 24.3. The molecule has 0 aliphatic rings. The van der Waals surface area contributed by atoms with Crippen LogP contribution in [0, 0.1) is 0 Å². The molecule has 0 fully saturated rings. The molecule has 44 heavy (non-hydrogen) atoms. The average molecular weight is 607 g/mol. The Labute approximate surface area is 258 Å². The summed E-state index contributed by atoms with van der Waals surface area (Å²) in [6.07, 6.45) is 2.75. The number of nitrogens with one attached hydrogen (secondary N) is 3. The number of para-hydroxylation sites is 1. The maximum absolute atomic E-state index is 13.1. The summed E-state index contributed by atoms with van der Waals surface area (Å²) in [5.41, 5.74) is 5.99. The van der Waals surface area contributed by atoms with Gasteiger partial charge in [-0.05, 0) is 87.5 Å². The number of hydrogen-bond donors (Lipinski definition) is 3. The summed E-state index contributed by atoms with van der Waals surface area (Å²) < 4.78 is 5.47. The summed E-state index contributed by atoms with van der Waals surface area (Å²) in [6.45, 7) is 5.23. The van der Waals surface area contributed by atoms with Crippen molar-refractivity contribution in [2.45, 2.75) is 26.4 Å². The molecular formula is C33H30N6O4S. The standard InChI is InChI=1S/C33H30N6O4S/c1-33(2,3)43-32(42)39(27-12-5-4-6-13-27)38-30(41)23-16-14-22(15-17-23)29(40)35-25-10-7-11-26(19-25)36-31-37-28(21-44-31)24-9-8-18-34-20-24/h4-21H,1-3H3,(H,35,40)(H,36,37)(H,38,41). The number of carbonyl (C=O) groups excluding carboxylic acids is 3. The molecule has 0 saturated carbocycles. The zero-order valence-corrected chi connectivity index (χ0v) is 25.1. The van der Waals surface area contributed by atoms with E-state index >= 15 is 0 Å². The third-order valence-electron chi connectivity index (χ3n) is 6.05. The Bertz CT molecular complexity index is 1750. The van der Waals surface area contributed by atoms with E-state index in [4.69, 9.17) is 4.74 Å². The maximum atomic E-state index is 13.1. The second-order valence-corrected chi connectivity index (χ2v) is 11.5. The summed E-state index contributed by atoms with van der Waals surface area (Å²) in [4.78, 5) is 47.7. The van der Waals surface area contributed by atoms with Crippen LogP contribution in [0.25, 0.3) is 11.3 Å². The van der Waals surface area contributed by atoms with Gasteiger partial charge >= 0.3 is 6.09 Å². The summed E-state index contributed by atoms with van der Waals surface area (Å²) >= 11 is 1.47. The van der Waals surface area contributed by atoms with Crippen molar-refractivity contribution in [2.24, 2.45) is 0 Å². The van der Waals surface area contributed by atoms with Gasteiger partial charge in [-0.3, -0.25) is 20.0 Å². The number of nitrogens with zero attached hydrogens (tertiary/aromatic N) is 3. The van der Waals surface area contributed by atoms with Gasteiger partial charge in [-0.2, -0.15) is 5.01 Å². The molecule has 10 nitrogen and oxygen atoms in total. The monoisotopic (exact) mass is 606 g/mol. The van der Waals surface area contributed by atoms with Crippen LogP contribution in [0.15, 0.2) is 109 Å². The number of hydrazine groups is 1. The van der Waals surface area contributed by atoms with E-state index in [0.29, 0.717) is 22.1 Å². The molecule has 2 aromatic heterocycles. The van der Waals surface area contributed by atoms with Crippen molar-refractivity contribution < 1.29 is 19.1 Å². The van der Waals surface area contributed by atoms with Crippen molar-refractivity contribution in [3.8, 4) is 11.3 Å². The van der Waals surface area contributed by atoms with Crippen LogP contribution in [0.4, 0.5) is 27.0 Å². The normalized spacial score (nSPS) is 10.9. The Kier molecular flexibility index (Phi) is 8.96. The molecule has 3 aromatic carbocycles. The molecule has 0 aliphatic carbocycles. The molecule has 0 spiro atoms. The van der Waals surface area contributed by atoms with Gasteiger partial charge in [-0.1, -0.05) is 24.3 Å². The number of anilines is 4. The summed E-state index contributed by atoms with van der Waals surface area (Å²) in [5.74, 6) is -0.888. The second kappa shape index (κ2) is 13.2. The summed E-state index contributed by atoms with van der Waals surface area (Å²) in [6, 6.07) is 25.9. The van der Waals surface area contributed by atoms with Crippen LogP contribution >= 0.6 is 11.3 Å². The predicted molar refractivity (Wildman–Crippen MR) is 172 cm³/mol. The number of aromatic nitrogens is 2. The summed E-state index contributed by atoms with van der Waals surface area (Å²) in [7, 11) is 0. The SMILES string of the molecule is CC(C)(C)OC(=O)N(NC(=O)c1ccc(C(=O)Nc2cccc(Nc3nc(-c4cccnc4)cs3)c2)cc1)c1ccccc1. The quantitative estimate of drug-likeness (QED) is 0.166. The Morgan fingerprint density at radius 2 is 1.52 bits per heavy atom. The van der Waals surface area contributed by atoms with E-state index < -0.39 is 17.6 Å². The van der Waals surface area contributed by atoms with E-state index in [9.17, 15) is 14.4 Å². The van der Waals surface area contributed by atoms with Gasteiger partial charge in [0.15, 0.2) is 5.13 Å². The molecule has 3 amide bonds. The van der Waals surface area contributed by atoms with E-state index in [2.05, 4.69) is 26.0 Å². The molecule has 0 aliphatic heterocycles. The number of thiazole rings is 1. The second-order valence-electron chi connectivity index (χ2n) is 10.6. The van der Waals surface area contributed by atoms with E-state index in [1.807, 2.05) is 29.6 Å². The minimum Gasteiger partial charge on any atom is -0.442 e. The molecule has 5 aromatic rings. The number of pyridine rings is 1. The fourth-order valence-corrected chi connectivity index (χ4v) is 4.76. The van der Waals surface area contributed by atoms with Crippen molar-refractivity contribution in [1.29, 1.82) is 0 Å². The Balaban J connectivity index is 1.22. The van der Waals surface area contributed by atoms with E-state index in [1.165, 1.54) is 23.5 Å². The largest absolute Gasteiger partial charge is 0.442 e. The van der Waals surface area contributed by atoms with Crippen LogP contribution in [0.2, 0.25) is 0 Å². The Hall–Kier alpha value is -5.55. The van der Waals surface area contributed by atoms with Crippen molar-refractivity contribution in [3.05, 3.63) is 120 Å². The number of benzene rings is 3. The van der Waals surface area contributed by atoms with Gasteiger partial charge in [0.1, 0.15) is 5.60 Å². The van der Waals surface area contributed by atoms with Crippen LogP contribution in [0.1, 0.15) is 41.5 Å². The number of ether oxygens (including phenoxy) is 1. The van der Waals surface area contributed by atoms with Gasteiger partial charge in [-0.25, -0.2) is 9.78 Å². The average Bonchev–Trinajstić information content (AvgIpc) is 3.48.